The standard InChI is InChI=1S/C16H24O4/c1-3-5-6-12(4-2)9-10-20-16(19)13-7-8-14(17)15(18)11-13/h7-8,11-12,17-18H,3-6,9-10H2,1-2H3. The number of aromatic hydroxyl groups is 2. The average Bonchev–Trinajstić information content (AvgIpc) is 2.45. The van der Waals surface area contributed by atoms with E-state index in [4.69, 9.17) is 4.74 Å². The Morgan fingerprint density at radius 3 is 2.55 bits per heavy atom. The van der Waals surface area contributed by atoms with Crippen molar-refractivity contribution in [1.29, 1.82) is 0 Å². The van der Waals surface area contributed by atoms with E-state index in [-0.39, 0.29) is 17.1 Å². The molecule has 20 heavy (non-hydrogen) atoms. The molecular formula is C16H24O4. The van der Waals surface area contributed by atoms with Gasteiger partial charge in [-0.15, -0.1) is 0 Å². The SMILES string of the molecule is CCCCC(CC)CCOC(=O)c1ccc(O)c(O)c1. The highest BCUT2D eigenvalue weighted by Crippen LogP contribution is 2.25. The number of unbranched alkanes of at least 4 members (excludes halogenated alkanes) is 1. The summed E-state index contributed by atoms with van der Waals surface area (Å²) in [6.07, 6.45) is 5.52. The highest BCUT2D eigenvalue weighted by molar-refractivity contribution is 5.90. The molecule has 0 aromatic heterocycles. The summed E-state index contributed by atoms with van der Waals surface area (Å²) in [5, 5.41) is 18.5. The van der Waals surface area contributed by atoms with Gasteiger partial charge < -0.3 is 14.9 Å². The number of phenols is 2. The molecule has 0 aliphatic heterocycles. The number of rotatable bonds is 8. The van der Waals surface area contributed by atoms with Crippen LogP contribution in [0.25, 0.3) is 0 Å². The van der Waals surface area contributed by atoms with Gasteiger partial charge in [0.2, 0.25) is 0 Å². The highest BCUT2D eigenvalue weighted by atomic mass is 16.5. The van der Waals surface area contributed by atoms with Crippen LogP contribution in [0, 0.1) is 5.92 Å². The molecule has 1 rings (SSSR count). The largest absolute Gasteiger partial charge is 0.504 e. The minimum atomic E-state index is -0.467. The first-order valence-electron chi connectivity index (χ1n) is 7.27. The molecule has 112 valence electrons. The monoisotopic (exact) mass is 280 g/mol. The summed E-state index contributed by atoms with van der Waals surface area (Å²) < 4.78 is 5.20. The lowest BCUT2D eigenvalue weighted by Gasteiger charge is -2.14. The third-order valence-electron chi connectivity index (χ3n) is 3.51. The smallest absolute Gasteiger partial charge is 0.338 e. The third-order valence-corrected chi connectivity index (χ3v) is 3.51. The van der Waals surface area contributed by atoms with Gasteiger partial charge in [0.25, 0.3) is 0 Å². The number of esters is 1. The van der Waals surface area contributed by atoms with Gasteiger partial charge in [0.05, 0.1) is 12.2 Å². The summed E-state index contributed by atoms with van der Waals surface area (Å²) in [4.78, 5) is 11.8. The molecule has 0 bridgehead atoms. The predicted octanol–water partition coefficient (Wildman–Crippen LogP) is 3.86. The van der Waals surface area contributed by atoms with Crippen LogP contribution in [0.15, 0.2) is 18.2 Å². The lowest BCUT2D eigenvalue weighted by Crippen LogP contribution is -2.10. The van der Waals surface area contributed by atoms with Crippen LogP contribution in [-0.4, -0.2) is 22.8 Å². The molecule has 4 nitrogen and oxygen atoms in total. The van der Waals surface area contributed by atoms with Crippen LogP contribution in [0.2, 0.25) is 0 Å². The van der Waals surface area contributed by atoms with Gasteiger partial charge in [-0.25, -0.2) is 4.79 Å². The van der Waals surface area contributed by atoms with Crippen LogP contribution < -0.4 is 0 Å². The molecule has 1 aromatic rings. The maximum absolute atomic E-state index is 11.8. The molecule has 0 radical (unpaired) electrons. The van der Waals surface area contributed by atoms with E-state index in [2.05, 4.69) is 13.8 Å². The van der Waals surface area contributed by atoms with E-state index in [1.807, 2.05) is 0 Å². The van der Waals surface area contributed by atoms with Crippen LogP contribution in [0.1, 0.15) is 56.3 Å². The number of carbonyl (C=O) groups excluding carboxylic acids is 1. The molecule has 2 N–H and O–H groups in total. The van der Waals surface area contributed by atoms with E-state index in [1.54, 1.807) is 0 Å². The molecule has 0 heterocycles. The normalized spacial score (nSPS) is 12.1. The van der Waals surface area contributed by atoms with E-state index >= 15 is 0 Å². The maximum Gasteiger partial charge on any atom is 0.338 e. The second-order valence-electron chi connectivity index (χ2n) is 5.04. The Morgan fingerprint density at radius 2 is 1.95 bits per heavy atom. The topological polar surface area (TPSA) is 66.8 Å². The summed E-state index contributed by atoms with van der Waals surface area (Å²) >= 11 is 0. The molecule has 1 unspecified atom stereocenters. The molecule has 0 aliphatic carbocycles. The molecule has 1 atom stereocenters. The summed E-state index contributed by atoms with van der Waals surface area (Å²) in [6, 6.07) is 3.93. The van der Waals surface area contributed by atoms with Gasteiger partial charge in [-0.3, -0.25) is 0 Å². The van der Waals surface area contributed by atoms with Gasteiger partial charge in [0.1, 0.15) is 0 Å². The van der Waals surface area contributed by atoms with Crippen molar-refractivity contribution in [2.45, 2.75) is 46.0 Å². The molecule has 0 amide bonds. The average molecular weight is 280 g/mol. The maximum atomic E-state index is 11.8. The van der Waals surface area contributed by atoms with Gasteiger partial charge in [-0.05, 0) is 30.5 Å². The first kappa shape index (κ1) is 16.3. The van der Waals surface area contributed by atoms with Crippen molar-refractivity contribution < 1.29 is 19.7 Å². The second kappa shape index (κ2) is 8.46. The van der Waals surface area contributed by atoms with Gasteiger partial charge in [0.15, 0.2) is 11.5 Å². The van der Waals surface area contributed by atoms with Crippen LogP contribution in [0.5, 0.6) is 11.5 Å². The highest BCUT2D eigenvalue weighted by Gasteiger charge is 2.12. The fraction of sp³-hybridized carbons (Fsp3) is 0.562. The molecule has 0 spiro atoms. The second-order valence-corrected chi connectivity index (χ2v) is 5.04. The van der Waals surface area contributed by atoms with E-state index in [1.165, 1.54) is 37.5 Å². The minimum absolute atomic E-state index is 0.243. The number of benzene rings is 1. The predicted molar refractivity (Wildman–Crippen MR) is 78.0 cm³/mol. The molecule has 0 saturated heterocycles. The van der Waals surface area contributed by atoms with Crippen molar-refractivity contribution in [3.63, 3.8) is 0 Å². The summed E-state index contributed by atoms with van der Waals surface area (Å²) in [5.74, 6) is -0.428. The van der Waals surface area contributed by atoms with Crippen molar-refractivity contribution in [1.82, 2.24) is 0 Å². The Hall–Kier alpha value is -1.71. The van der Waals surface area contributed by atoms with Crippen LogP contribution >= 0.6 is 0 Å². The van der Waals surface area contributed by atoms with Crippen molar-refractivity contribution in [2.24, 2.45) is 5.92 Å². The van der Waals surface area contributed by atoms with Gasteiger partial charge >= 0.3 is 5.97 Å². The Kier molecular flexibility index (Phi) is 6.91. The summed E-state index contributed by atoms with van der Waals surface area (Å²) in [5.41, 5.74) is 0.252. The number of hydrogen-bond donors (Lipinski definition) is 2. The van der Waals surface area contributed by atoms with Crippen molar-refractivity contribution >= 4 is 5.97 Å². The number of ether oxygens (including phenoxy) is 1. The molecule has 0 aliphatic rings. The first-order chi connectivity index (χ1) is 9.58. The lowest BCUT2D eigenvalue weighted by molar-refractivity contribution is 0.0479. The summed E-state index contributed by atoms with van der Waals surface area (Å²) in [7, 11) is 0. The lowest BCUT2D eigenvalue weighted by atomic mass is 9.96. The van der Waals surface area contributed by atoms with E-state index < -0.39 is 5.97 Å². The Morgan fingerprint density at radius 1 is 1.20 bits per heavy atom. The zero-order chi connectivity index (χ0) is 15.0. The zero-order valence-electron chi connectivity index (χ0n) is 12.3. The van der Waals surface area contributed by atoms with Gasteiger partial charge in [-0.1, -0.05) is 39.5 Å². The Balaban J connectivity index is 2.40. The zero-order valence-corrected chi connectivity index (χ0v) is 12.3. The first-order valence-corrected chi connectivity index (χ1v) is 7.27. The van der Waals surface area contributed by atoms with Crippen LogP contribution in [-0.2, 0) is 4.74 Å². The van der Waals surface area contributed by atoms with E-state index in [0.717, 1.165) is 12.8 Å². The fourth-order valence-corrected chi connectivity index (χ4v) is 2.10. The molecule has 1 aromatic carbocycles. The van der Waals surface area contributed by atoms with Gasteiger partial charge in [-0.2, -0.15) is 0 Å². The van der Waals surface area contributed by atoms with Crippen LogP contribution in [0.4, 0.5) is 0 Å². The summed E-state index contributed by atoms with van der Waals surface area (Å²) in [6.45, 7) is 4.72. The number of carbonyl (C=O) groups is 1. The molecule has 0 fully saturated rings. The molecule has 0 saturated carbocycles. The quantitative estimate of drug-likeness (QED) is 0.560. The molecule has 4 heteroatoms. The van der Waals surface area contributed by atoms with E-state index in [0.29, 0.717) is 12.5 Å². The fourth-order valence-electron chi connectivity index (χ4n) is 2.10. The van der Waals surface area contributed by atoms with Gasteiger partial charge in [0, 0.05) is 0 Å². The van der Waals surface area contributed by atoms with Crippen molar-refractivity contribution in [2.75, 3.05) is 6.61 Å². The van der Waals surface area contributed by atoms with Crippen molar-refractivity contribution in [3.05, 3.63) is 23.8 Å². The third kappa shape index (κ3) is 5.11. The van der Waals surface area contributed by atoms with Crippen LogP contribution in [0.3, 0.4) is 0 Å². The van der Waals surface area contributed by atoms with E-state index in [9.17, 15) is 15.0 Å². The minimum Gasteiger partial charge on any atom is -0.504 e. The van der Waals surface area contributed by atoms with Crippen molar-refractivity contribution in [3.8, 4) is 11.5 Å². The molecular weight excluding hydrogens is 256 g/mol. The number of phenolic OH excluding ortho intramolecular Hbond substituents is 2. The Bertz CT molecular complexity index is 428. The Labute approximate surface area is 120 Å². The number of hydrogen-bond acceptors (Lipinski definition) is 4.